The van der Waals surface area contributed by atoms with Crippen molar-refractivity contribution in [2.24, 2.45) is 5.10 Å². The molecule has 0 aliphatic rings. The largest absolute Gasteiger partial charge is 0.489 e. The third kappa shape index (κ3) is 6.50. The van der Waals surface area contributed by atoms with E-state index in [0.717, 1.165) is 22.4 Å². The second-order valence-electron chi connectivity index (χ2n) is 6.67. The Balaban J connectivity index is 1.42. The number of amides is 1. The average Bonchev–Trinajstić information content (AvgIpc) is 2.75. The SMILES string of the molecule is Cc1ccc(OCC(=O)N/N=C/c2ccc(OCc3ccccc3)cc2)cc1C. The van der Waals surface area contributed by atoms with E-state index in [-0.39, 0.29) is 12.5 Å². The van der Waals surface area contributed by atoms with Crippen LogP contribution in [0.4, 0.5) is 0 Å². The van der Waals surface area contributed by atoms with Crippen molar-refractivity contribution < 1.29 is 14.3 Å². The van der Waals surface area contributed by atoms with E-state index in [2.05, 4.69) is 10.5 Å². The molecular formula is C24H24N2O3. The first-order valence-electron chi connectivity index (χ1n) is 9.39. The summed E-state index contributed by atoms with van der Waals surface area (Å²) in [5, 5.41) is 3.96. The minimum Gasteiger partial charge on any atom is -0.489 e. The van der Waals surface area contributed by atoms with Gasteiger partial charge in [0, 0.05) is 0 Å². The maximum absolute atomic E-state index is 11.9. The lowest BCUT2D eigenvalue weighted by molar-refractivity contribution is -0.123. The summed E-state index contributed by atoms with van der Waals surface area (Å²) < 4.78 is 11.2. The number of aryl methyl sites for hydroxylation is 2. The minimum absolute atomic E-state index is 0.0912. The summed E-state index contributed by atoms with van der Waals surface area (Å²) >= 11 is 0. The molecule has 1 N–H and O–H groups in total. The van der Waals surface area contributed by atoms with E-state index in [1.807, 2.05) is 86.6 Å². The highest BCUT2D eigenvalue weighted by atomic mass is 16.5. The molecule has 148 valence electrons. The average molecular weight is 388 g/mol. The van der Waals surface area contributed by atoms with Crippen molar-refractivity contribution >= 4 is 12.1 Å². The molecule has 5 nitrogen and oxygen atoms in total. The molecule has 0 aliphatic heterocycles. The van der Waals surface area contributed by atoms with E-state index in [1.165, 1.54) is 5.56 Å². The molecule has 29 heavy (non-hydrogen) atoms. The number of ether oxygens (including phenoxy) is 2. The molecule has 0 fully saturated rings. The van der Waals surface area contributed by atoms with Crippen LogP contribution in [0.3, 0.4) is 0 Å². The van der Waals surface area contributed by atoms with Crippen molar-refractivity contribution in [1.29, 1.82) is 0 Å². The molecule has 0 aliphatic carbocycles. The summed E-state index contributed by atoms with van der Waals surface area (Å²) in [5.41, 5.74) is 6.74. The highest BCUT2D eigenvalue weighted by Crippen LogP contribution is 2.16. The smallest absolute Gasteiger partial charge is 0.277 e. The van der Waals surface area contributed by atoms with Gasteiger partial charge in [0.25, 0.3) is 5.91 Å². The Morgan fingerprint density at radius 2 is 1.62 bits per heavy atom. The van der Waals surface area contributed by atoms with Crippen LogP contribution in [0.15, 0.2) is 77.9 Å². The van der Waals surface area contributed by atoms with Crippen molar-refractivity contribution in [3.8, 4) is 11.5 Å². The van der Waals surface area contributed by atoms with E-state index < -0.39 is 0 Å². The van der Waals surface area contributed by atoms with Crippen LogP contribution in [0.1, 0.15) is 22.3 Å². The first-order chi connectivity index (χ1) is 14.1. The van der Waals surface area contributed by atoms with E-state index in [1.54, 1.807) is 6.21 Å². The third-order valence-electron chi connectivity index (χ3n) is 4.38. The molecule has 3 aromatic carbocycles. The van der Waals surface area contributed by atoms with Gasteiger partial charge in [-0.05, 0) is 72.5 Å². The van der Waals surface area contributed by atoms with Gasteiger partial charge in [-0.3, -0.25) is 4.79 Å². The maximum atomic E-state index is 11.9. The Morgan fingerprint density at radius 3 is 2.34 bits per heavy atom. The Hall–Kier alpha value is -3.60. The van der Waals surface area contributed by atoms with Crippen molar-refractivity contribution in [3.63, 3.8) is 0 Å². The van der Waals surface area contributed by atoms with Crippen molar-refractivity contribution in [1.82, 2.24) is 5.43 Å². The third-order valence-corrected chi connectivity index (χ3v) is 4.38. The number of hydrogen-bond donors (Lipinski definition) is 1. The lowest BCUT2D eigenvalue weighted by atomic mass is 10.1. The predicted octanol–water partition coefficient (Wildman–Crippen LogP) is 4.41. The van der Waals surface area contributed by atoms with Gasteiger partial charge >= 0.3 is 0 Å². The van der Waals surface area contributed by atoms with Crippen LogP contribution in [-0.2, 0) is 11.4 Å². The highest BCUT2D eigenvalue weighted by Gasteiger charge is 2.03. The molecule has 0 atom stereocenters. The van der Waals surface area contributed by atoms with E-state index in [0.29, 0.717) is 12.4 Å². The summed E-state index contributed by atoms with van der Waals surface area (Å²) in [5.74, 6) is 1.12. The molecule has 0 spiro atoms. The fourth-order valence-electron chi connectivity index (χ4n) is 2.55. The lowest BCUT2D eigenvalue weighted by Gasteiger charge is -2.07. The number of benzene rings is 3. The summed E-state index contributed by atoms with van der Waals surface area (Å²) in [6.45, 7) is 4.46. The molecular weight excluding hydrogens is 364 g/mol. The molecule has 0 aromatic heterocycles. The molecule has 5 heteroatoms. The van der Waals surface area contributed by atoms with Gasteiger partial charge in [0.1, 0.15) is 18.1 Å². The monoisotopic (exact) mass is 388 g/mol. The van der Waals surface area contributed by atoms with Crippen LogP contribution >= 0.6 is 0 Å². The topological polar surface area (TPSA) is 59.9 Å². The molecule has 1 amide bonds. The molecule has 3 aromatic rings. The summed E-state index contributed by atoms with van der Waals surface area (Å²) in [6.07, 6.45) is 1.58. The second kappa shape index (κ2) is 10.1. The van der Waals surface area contributed by atoms with Gasteiger partial charge in [-0.2, -0.15) is 5.10 Å². The molecule has 0 saturated carbocycles. The number of carbonyl (C=O) groups is 1. The normalized spacial score (nSPS) is 10.7. The van der Waals surface area contributed by atoms with Gasteiger partial charge in [0.05, 0.1) is 6.21 Å². The zero-order chi connectivity index (χ0) is 20.5. The van der Waals surface area contributed by atoms with Crippen LogP contribution < -0.4 is 14.9 Å². The summed E-state index contributed by atoms with van der Waals surface area (Å²) in [7, 11) is 0. The lowest BCUT2D eigenvalue weighted by Crippen LogP contribution is -2.24. The van der Waals surface area contributed by atoms with Crippen LogP contribution in [0, 0.1) is 13.8 Å². The predicted molar refractivity (Wildman–Crippen MR) is 114 cm³/mol. The van der Waals surface area contributed by atoms with E-state index >= 15 is 0 Å². The van der Waals surface area contributed by atoms with Crippen molar-refractivity contribution in [3.05, 3.63) is 95.1 Å². The van der Waals surface area contributed by atoms with Crippen molar-refractivity contribution in [2.75, 3.05) is 6.61 Å². The fourth-order valence-corrected chi connectivity index (χ4v) is 2.55. The zero-order valence-electron chi connectivity index (χ0n) is 16.6. The van der Waals surface area contributed by atoms with Gasteiger partial charge in [-0.1, -0.05) is 36.4 Å². The molecule has 3 rings (SSSR count). The fraction of sp³-hybridized carbons (Fsp3) is 0.167. The molecule has 0 unspecified atom stereocenters. The van der Waals surface area contributed by atoms with Gasteiger partial charge in [0.2, 0.25) is 0 Å². The second-order valence-corrected chi connectivity index (χ2v) is 6.67. The molecule has 0 bridgehead atoms. The highest BCUT2D eigenvalue weighted by molar-refractivity contribution is 5.83. The number of nitrogens with zero attached hydrogens (tertiary/aromatic N) is 1. The van der Waals surface area contributed by atoms with Crippen molar-refractivity contribution in [2.45, 2.75) is 20.5 Å². The van der Waals surface area contributed by atoms with Gasteiger partial charge < -0.3 is 9.47 Å². The van der Waals surface area contributed by atoms with Crippen LogP contribution in [0.25, 0.3) is 0 Å². The Morgan fingerprint density at radius 1 is 0.897 bits per heavy atom. The Kier molecular flexibility index (Phi) is 7.00. The first-order valence-corrected chi connectivity index (χ1v) is 9.39. The standard InChI is InChI=1S/C24H24N2O3/c1-18-8-11-23(14-19(18)2)29-17-24(27)26-25-15-20-9-12-22(13-10-20)28-16-21-6-4-3-5-7-21/h3-15H,16-17H2,1-2H3,(H,26,27)/b25-15+. The van der Waals surface area contributed by atoms with Gasteiger partial charge in [-0.15, -0.1) is 0 Å². The quantitative estimate of drug-likeness (QED) is 0.459. The number of hydrazone groups is 1. The van der Waals surface area contributed by atoms with Gasteiger partial charge in [-0.25, -0.2) is 5.43 Å². The molecule has 0 radical (unpaired) electrons. The molecule has 0 heterocycles. The van der Waals surface area contributed by atoms with E-state index in [4.69, 9.17) is 9.47 Å². The Labute approximate surface area is 171 Å². The number of nitrogens with one attached hydrogen (secondary N) is 1. The molecule has 0 saturated heterocycles. The zero-order valence-corrected chi connectivity index (χ0v) is 16.6. The van der Waals surface area contributed by atoms with Crippen LogP contribution in [0.2, 0.25) is 0 Å². The number of rotatable bonds is 8. The maximum Gasteiger partial charge on any atom is 0.277 e. The summed E-state index contributed by atoms with van der Waals surface area (Å²) in [6, 6.07) is 23.2. The Bertz CT molecular complexity index is 967. The van der Waals surface area contributed by atoms with Crippen LogP contribution in [0.5, 0.6) is 11.5 Å². The van der Waals surface area contributed by atoms with E-state index in [9.17, 15) is 4.79 Å². The minimum atomic E-state index is -0.317. The number of carbonyl (C=O) groups excluding carboxylic acids is 1. The van der Waals surface area contributed by atoms with Gasteiger partial charge in [0.15, 0.2) is 6.61 Å². The number of hydrogen-bond acceptors (Lipinski definition) is 4. The van der Waals surface area contributed by atoms with Crippen LogP contribution in [-0.4, -0.2) is 18.7 Å². The first kappa shape index (κ1) is 20.1. The summed E-state index contributed by atoms with van der Waals surface area (Å²) in [4.78, 5) is 11.9.